The highest BCUT2D eigenvalue weighted by Gasteiger charge is 2.16. The highest BCUT2D eigenvalue weighted by atomic mass is 35.5. The van der Waals surface area contributed by atoms with Gasteiger partial charge in [0.15, 0.2) is 0 Å². The average molecular weight is 442 g/mol. The van der Waals surface area contributed by atoms with E-state index in [1.54, 1.807) is 30.3 Å². The number of aromatic nitrogens is 1. The molecule has 0 amide bonds. The maximum Gasteiger partial charge on any atom is 0.223 e. The van der Waals surface area contributed by atoms with Crippen molar-refractivity contribution >= 4 is 33.8 Å². The standard InChI is InChI=1S/C24H26ClN2O2S/c1-17(18-12-14-27(29-5)15-13-18)22-16-20(25)8-11-23(22)26-30(28)21-9-6-19(7-10-21)24(2,3)4/h6-16,26H,1H2,2-5H3/q+1. The quantitative estimate of drug-likeness (QED) is 0.535. The van der Waals surface area contributed by atoms with Gasteiger partial charge in [-0.2, -0.15) is 0 Å². The summed E-state index contributed by atoms with van der Waals surface area (Å²) in [6, 6.07) is 17.1. The van der Waals surface area contributed by atoms with Crippen LogP contribution in [0.4, 0.5) is 5.69 Å². The number of anilines is 1. The Hall–Kier alpha value is -2.63. The summed E-state index contributed by atoms with van der Waals surface area (Å²) in [6.45, 7) is 10.7. The normalized spacial score (nSPS) is 12.3. The van der Waals surface area contributed by atoms with E-state index in [0.717, 1.165) is 16.7 Å². The van der Waals surface area contributed by atoms with Crippen molar-refractivity contribution in [3.63, 3.8) is 0 Å². The smallest absolute Gasteiger partial charge is 0.223 e. The van der Waals surface area contributed by atoms with Crippen LogP contribution in [-0.2, 0) is 16.4 Å². The SMILES string of the molecule is C=C(c1cc[n+](OC)cc1)c1cc(Cl)ccc1NS(=O)c1ccc(C(C)(C)C)cc1. The highest BCUT2D eigenvalue weighted by molar-refractivity contribution is 7.86. The minimum Gasteiger partial charge on any atom is -0.301 e. The molecule has 0 bridgehead atoms. The molecule has 0 aliphatic rings. The fourth-order valence-electron chi connectivity index (χ4n) is 2.98. The van der Waals surface area contributed by atoms with Gasteiger partial charge >= 0.3 is 0 Å². The van der Waals surface area contributed by atoms with Crippen LogP contribution < -0.4 is 14.3 Å². The van der Waals surface area contributed by atoms with E-state index in [4.69, 9.17) is 16.4 Å². The molecule has 1 unspecified atom stereocenters. The second-order valence-electron chi connectivity index (χ2n) is 7.94. The summed E-state index contributed by atoms with van der Waals surface area (Å²) < 4.78 is 17.7. The van der Waals surface area contributed by atoms with Gasteiger partial charge in [0.1, 0.15) is 18.1 Å². The fourth-order valence-corrected chi connectivity index (χ4v) is 4.03. The van der Waals surface area contributed by atoms with Crippen molar-refractivity contribution in [3.05, 3.63) is 95.3 Å². The van der Waals surface area contributed by atoms with Crippen molar-refractivity contribution in [1.29, 1.82) is 0 Å². The molecule has 3 aromatic rings. The maximum absolute atomic E-state index is 13.0. The van der Waals surface area contributed by atoms with Gasteiger partial charge in [-0.25, -0.2) is 4.21 Å². The molecule has 1 atom stereocenters. The van der Waals surface area contributed by atoms with Crippen molar-refractivity contribution in [1.82, 2.24) is 0 Å². The van der Waals surface area contributed by atoms with E-state index < -0.39 is 11.0 Å². The molecule has 2 aromatic carbocycles. The molecule has 0 saturated carbocycles. The van der Waals surface area contributed by atoms with E-state index in [0.29, 0.717) is 15.6 Å². The van der Waals surface area contributed by atoms with Crippen LogP contribution in [-0.4, -0.2) is 11.3 Å². The van der Waals surface area contributed by atoms with E-state index in [1.807, 2.05) is 48.5 Å². The van der Waals surface area contributed by atoms with E-state index in [1.165, 1.54) is 5.56 Å². The Bertz CT molecular complexity index is 1070. The Morgan fingerprint density at radius 3 is 2.27 bits per heavy atom. The summed E-state index contributed by atoms with van der Waals surface area (Å²) in [4.78, 5) is 5.85. The van der Waals surface area contributed by atoms with Gasteiger partial charge in [0.2, 0.25) is 12.4 Å². The molecule has 1 heterocycles. The molecule has 0 aliphatic carbocycles. The van der Waals surface area contributed by atoms with Gasteiger partial charge in [-0.05, 0) is 52.4 Å². The lowest BCUT2D eigenvalue weighted by molar-refractivity contribution is -0.885. The number of hydrogen-bond acceptors (Lipinski definition) is 2. The number of benzene rings is 2. The number of pyridine rings is 1. The third-order valence-corrected chi connectivity index (χ3v) is 6.15. The van der Waals surface area contributed by atoms with Crippen LogP contribution in [0.15, 0.2) is 78.5 Å². The van der Waals surface area contributed by atoms with Crippen molar-refractivity contribution in [2.24, 2.45) is 0 Å². The summed E-state index contributed by atoms with van der Waals surface area (Å²) >= 11 is 6.24. The van der Waals surface area contributed by atoms with Gasteiger partial charge < -0.3 is 4.72 Å². The minimum atomic E-state index is -1.42. The minimum absolute atomic E-state index is 0.0468. The molecule has 0 radical (unpaired) electrons. The predicted octanol–water partition coefficient (Wildman–Crippen LogP) is 5.18. The molecule has 4 nitrogen and oxygen atoms in total. The van der Waals surface area contributed by atoms with Gasteiger partial charge in [-0.15, -0.1) is 0 Å². The van der Waals surface area contributed by atoms with E-state index >= 15 is 0 Å². The van der Waals surface area contributed by atoms with Crippen LogP contribution in [0.25, 0.3) is 5.57 Å². The molecule has 1 aromatic heterocycles. The molecule has 0 saturated heterocycles. The zero-order valence-corrected chi connectivity index (χ0v) is 19.2. The Morgan fingerprint density at radius 2 is 1.70 bits per heavy atom. The van der Waals surface area contributed by atoms with Crippen molar-refractivity contribution in [3.8, 4) is 0 Å². The van der Waals surface area contributed by atoms with Gasteiger partial charge in [0.25, 0.3) is 0 Å². The lowest BCUT2D eigenvalue weighted by atomic mass is 9.87. The van der Waals surface area contributed by atoms with E-state index in [-0.39, 0.29) is 5.41 Å². The summed E-state index contributed by atoms with van der Waals surface area (Å²) in [5.41, 5.74) is 4.41. The third-order valence-electron chi connectivity index (χ3n) is 4.81. The molecular formula is C24H26ClN2O2S+. The summed E-state index contributed by atoms with van der Waals surface area (Å²) in [5.74, 6) is 0. The molecule has 0 aliphatic heterocycles. The first kappa shape index (κ1) is 22.1. The van der Waals surface area contributed by atoms with Crippen LogP contribution >= 0.6 is 11.6 Å². The van der Waals surface area contributed by atoms with Crippen LogP contribution in [0.2, 0.25) is 5.02 Å². The van der Waals surface area contributed by atoms with Crippen LogP contribution in [0, 0.1) is 0 Å². The molecule has 6 heteroatoms. The van der Waals surface area contributed by atoms with Crippen LogP contribution in [0.5, 0.6) is 0 Å². The van der Waals surface area contributed by atoms with Gasteiger partial charge in [-0.3, -0.25) is 4.84 Å². The monoisotopic (exact) mass is 441 g/mol. The van der Waals surface area contributed by atoms with Crippen molar-refractivity contribution < 1.29 is 13.8 Å². The average Bonchev–Trinajstić information content (AvgIpc) is 2.74. The van der Waals surface area contributed by atoms with Gasteiger partial charge in [0, 0.05) is 27.4 Å². The predicted molar refractivity (Wildman–Crippen MR) is 124 cm³/mol. The molecular weight excluding hydrogens is 416 g/mol. The number of nitrogens with zero attached hydrogens (tertiary/aromatic N) is 1. The summed E-state index contributed by atoms with van der Waals surface area (Å²) in [5, 5.41) is 0.583. The largest absolute Gasteiger partial charge is 0.301 e. The zero-order chi connectivity index (χ0) is 21.9. The first-order valence-electron chi connectivity index (χ1n) is 9.53. The Labute approximate surface area is 185 Å². The molecule has 0 spiro atoms. The Morgan fingerprint density at radius 1 is 1.07 bits per heavy atom. The molecule has 0 fully saturated rings. The number of rotatable bonds is 6. The Balaban J connectivity index is 1.87. The number of halogens is 1. The number of hydrogen-bond donors (Lipinski definition) is 1. The van der Waals surface area contributed by atoms with Crippen LogP contribution in [0.1, 0.15) is 37.5 Å². The van der Waals surface area contributed by atoms with Crippen molar-refractivity contribution in [2.45, 2.75) is 31.1 Å². The number of nitrogens with one attached hydrogen (secondary N) is 1. The second kappa shape index (κ2) is 9.02. The zero-order valence-electron chi connectivity index (χ0n) is 17.6. The highest BCUT2D eigenvalue weighted by Crippen LogP contribution is 2.31. The first-order valence-corrected chi connectivity index (χ1v) is 11.1. The van der Waals surface area contributed by atoms with E-state index in [2.05, 4.69) is 32.1 Å². The van der Waals surface area contributed by atoms with Crippen molar-refractivity contribution in [2.75, 3.05) is 11.8 Å². The topological polar surface area (TPSA) is 42.2 Å². The summed E-state index contributed by atoms with van der Waals surface area (Å²) in [6.07, 6.45) is 3.60. The van der Waals surface area contributed by atoms with Gasteiger partial charge in [0.05, 0.1) is 10.6 Å². The molecule has 30 heavy (non-hydrogen) atoms. The third kappa shape index (κ3) is 5.10. The lowest BCUT2D eigenvalue weighted by Crippen LogP contribution is -2.39. The molecule has 1 N–H and O–H groups in total. The second-order valence-corrected chi connectivity index (χ2v) is 9.59. The fraction of sp³-hybridized carbons (Fsp3) is 0.208. The summed E-state index contributed by atoms with van der Waals surface area (Å²) in [7, 11) is 0.171. The molecule has 156 valence electrons. The first-order chi connectivity index (χ1) is 14.2. The van der Waals surface area contributed by atoms with E-state index in [9.17, 15) is 4.21 Å². The molecule has 3 rings (SSSR count). The van der Waals surface area contributed by atoms with Crippen LogP contribution in [0.3, 0.4) is 0 Å². The Kier molecular flexibility index (Phi) is 6.64. The lowest BCUT2D eigenvalue weighted by Gasteiger charge is -2.19. The maximum atomic E-state index is 13.0. The van der Waals surface area contributed by atoms with Gasteiger partial charge in [-0.1, -0.05) is 51.1 Å².